The molecule has 2 nitrogen and oxygen atoms in total. The van der Waals surface area contributed by atoms with E-state index in [1.54, 1.807) is 0 Å². The molecule has 0 spiro atoms. The minimum atomic E-state index is 0.138. The Kier molecular flexibility index (Phi) is 3.58. The summed E-state index contributed by atoms with van der Waals surface area (Å²) in [5.41, 5.74) is 4.24. The lowest BCUT2D eigenvalue weighted by Gasteiger charge is -2.18. The average Bonchev–Trinajstić information content (AvgIpc) is 3.09. The van der Waals surface area contributed by atoms with Crippen LogP contribution in [0.15, 0.2) is 18.2 Å². The molecule has 0 unspecified atom stereocenters. The molecule has 2 aliphatic rings. The van der Waals surface area contributed by atoms with E-state index in [2.05, 4.69) is 30.4 Å². The molecule has 1 atom stereocenters. The van der Waals surface area contributed by atoms with Crippen molar-refractivity contribution in [2.75, 3.05) is 0 Å². The van der Waals surface area contributed by atoms with Crippen molar-refractivity contribution in [3.05, 3.63) is 34.9 Å². The largest absolute Gasteiger partial charge is 0.349 e. The minimum Gasteiger partial charge on any atom is -0.349 e. The van der Waals surface area contributed by atoms with Crippen molar-refractivity contribution in [1.29, 1.82) is 0 Å². The number of rotatable bonds is 3. The van der Waals surface area contributed by atoms with E-state index in [4.69, 9.17) is 0 Å². The maximum Gasteiger partial charge on any atom is 0.223 e. The van der Waals surface area contributed by atoms with E-state index in [1.165, 1.54) is 48.8 Å². The molecule has 0 saturated heterocycles. The zero-order valence-corrected chi connectivity index (χ0v) is 11.7. The molecule has 2 aliphatic carbocycles. The van der Waals surface area contributed by atoms with Crippen LogP contribution in [0.25, 0.3) is 0 Å². The Morgan fingerprint density at radius 2 is 1.89 bits per heavy atom. The van der Waals surface area contributed by atoms with E-state index in [-0.39, 0.29) is 17.9 Å². The maximum absolute atomic E-state index is 12.2. The van der Waals surface area contributed by atoms with Crippen molar-refractivity contribution in [3.8, 4) is 0 Å². The number of hydrogen-bond donors (Lipinski definition) is 1. The van der Waals surface area contributed by atoms with Crippen molar-refractivity contribution >= 4 is 5.91 Å². The quantitative estimate of drug-likeness (QED) is 0.881. The Hall–Kier alpha value is -1.31. The number of fused-ring (bicyclic) bond motifs is 1. The fourth-order valence-corrected chi connectivity index (χ4v) is 3.46. The number of amides is 1. The number of carbonyl (C=O) groups excluding carboxylic acids is 1. The molecule has 0 radical (unpaired) electrons. The Morgan fingerprint density at radius 1 is 1.16 bits per heavy atom. The molecule has 0 heterocycles. The fraction of sp³-hybridized carbons (Fsp3) is 0.588. The Morgan fingerprint density at radius 3 is 2.68 bits per heavy atom. The summed E-state index contributed by atoms with van der Waals surface area (Å²) in [5, 5.41) is 3.19. The van der Waals surface area contributed by atoms with Gasteiger partial charge in [-0.25, -0.2) is 0 Å². The van der Waals surface area contributed by atoms with Gasteiger partial charge in [0.1, 0.15) is 0 Å². The smallest absolute Gasteiger partial charge is 0.223 e. The summed E-state index contributed by atoms with van der Waals surface area (Å²) < 4.78 is 0. The van der Waals surface area contributed by atoms with Crippen LogP contribution in [0, 0.1) is 5.92 Å². The first-order chi connectivity index (χ1) is 9.24. The molecule has 1 amide bonds. The molecule has 1 aromatic rings. The van der Waals surface area contributed by atoms with Crippen LogP contribution in [0.4, 0.5) is 0 Å². The Bertz CT molecular complexity index is 474. The fourth-order valence-electron chi connectivity index (χ4n) is 3.46. The van der Waals surface area contributed by atoms with Crippen LogP contribution in [-0.2, 0) is 17.6 Å². The van der Waals surface area contributed by atoms with Gasteiger partial charge in [-0.3, -0.25) is 4.79 Å². The molecule has 0 bridgehead atoms. The summed E-state index contributed by atoms with van der Waals surface area (Å²) in [6, 6.07) is 6.86. The second-order valence-corrected chi connectivity index (χ2v) is 6.09. The number of aryl methyl sites for hydroxylation is 2. The highest BCUT2D eigenvalue weighted by Crippen LogP contribution is 2.27. The van der Waals surface area contributed by atoms with Crippen molar-refractivity contribution in [2.45, 2.75) is 57.9 Å². The molecule has 1 fully saturated rings. The van der Waals surface area contributed by atoms with E-state index in [9.17, 15) is 4.79 Å². The molecular formula is C17H23NO. The van der Waals surface area contributed by atoms with Crippen LogP contribution in [0.1, 0.15) is 61.8 Å². The Balaban J connectivity index is 1.66. The molecule has 1 aromatic carbocycles. The summed E-state index contributed by atoms with van der Waals surface area (Å²) in [5.74, 6) is 0.516. The highest BCUT2D eigenvalue weighted by molar-refractivity contribution is 5.79. The third-order valence-corrected chi connectivity index (χ3v) is 4.71. The third kappa shape index (κ3) is 2.68. The van der Waals surface area contributed by atoms with Gasteiger partial charge in [0.25, 0.3) is 0 Å². The lowest BCUT2D eigenvalue weighted by atomic mass is 10.0. The SMILES string of the molecule is C[C@H](NC(=O)C1CCCC1)c1ccc2c(c1)CCC2. The second-order valence-electron chi connectivity index (χ2n) is 6.09. The van der Waals surface area contributed by atoms with Crippen LogP contribution in [0.3, 0.4) is 0 Å². The van der Waals surface area contributed by atoms with Gasteiger partial charge in [-0.1, -0.05) is 31.0 Å². The van der Waals surface area contributed by atoms with Crippen molar-refractivity contribution in [3.63, 3.8) is 0 Å². The first kappa shape index (κ1) is 12.7. The highest BCUT2D eigenvalue weighted by Gasteiger charge is 2.24. The molecule has 1 saturated carbocycles. The van der Waals surface area contributed by atoms with Crippen LogP contribution < -0.4 is 5.32 Å². The zero-order valence-electron chi connectivity index (χ0n) is 11.7. The minimum absolute atomic E-state index is 0.138. The monoisotopic (exact) mass is 257 g/mol. The number of hydrogen-bond acceptors (Lipinski definition) is 1. The van der Waals surface area contributed by atoms with E-state index in [1.807, 2.05) is 0 Å². The summed E-state index contributed by atoms with van der Waals surface area (Å²) in [6.45, 7) is 2.10. The second kappa shape index (κ2) is 5.36. The van der Waals surface area contributed by atoms with Crippen molar-refractivity contribution < 1.29 is 4.79 Å². The first-order valence-corrected chi connectivity index (χ1v) is 7.66. The summed E-state index contributed by atoms with van der Waals surface area (Å²) >= 11 is 0. The average molecular weight is 257 g/mol. The number of carbonyl (C=O) groups is 1. The number of nitrogens with one attached hydrogen (secondary N) is 1. The van der Waals surface area contributed by atoms with E-state index < -0.39 is 0 Å². The molecule has 19 heavy (non-hydrogen) atoms. The van der Waals surface area contributed by atoms with Crippen LogP contribution in [-0.4, -0.2) is 5.91 Å². The summed E-state index contributed by atoms with van der Waals surface area (Å²) in [4.78, 5) is 12.2. The van der Waals surface area contributed by atoms with E-state index in [0.29, 0.717) is 0 Å². The van der Waals surface area contributed by atoms with Gasteiger partial charge in [0.2, 0.25) is 5.91 Å². The van der Waals surface area contributed by atoms with Gasteiger partial charge in [0, 0.05) is 5.92 Å². The van der Waals surface area contributed by atoms with Gasteiger partial charge in [0.05, 0.1) is 6.04 Å². The van der Waals surface area contributed by atoms with Crippen LogP contribution >= 0.6 is 0 Å². The normalized spacial score (nSPS) is 20.3. The van der Waals surface area contributed by atoms with E-state index in [0.717, 1.165) is 12.8 Å². The predicted octanol–water partition coefficient (Wildman–Crippen LogP) is 3.54. The summed E-state index contributed by atoms with van der Waals surface area (Å²) in [7, 11) is 0. The van der Waals surface area contributed by atoms with Crippen LogP contribution in [0.2, 0.25) is 0 Å². The standard InChI is InChI=1S/C17H23NO/c1-12(18-17(19)14-5-2-3-6-14)15-10-9-13-7-4-8-16(13)11-15/h9-12,14H,2-8H2,1H3,(H,18,19)/t12-/m0/s1. The third-order valence-electron chi connectivity index (χ3n) is 4.71. The lowest BCUT2D eigenvalue weighted by molar-refractivity contribution is -0.125. The first-order valence-electron chi connectivity index (χ1n) is 7.66. The molecular weight excluding hydrogens is 234 g/mol. The van der Waals surface area contributed by atoms with Crippen molar-refractivity contribution in [1.82, 2.24) is 5.32 Å². The van der Waals surface area contributed by atoms with Gasteiger partial charge in [-0.15, -0.1) is 0 Å². The van der Waals surface area contributed by atoms with Crippen molar-refractivity contribution in [2.24, 2.45) is 5.92 Å². The maximum atomic E-state index is 12.2. The molecule has 2 heteroatoms. The Labute approximate surface area is 115 Å². The topological polar surface area (TPSA) is 29.1 Å². The molecule has 3 rings (SSSR count). The lowest BCUT2D eigenvalue weighted by Crippen LogP contribution is -2.31. The highest BCUT2D eigenvalue weighted by atomic mass is 16.1. The molecule has 0 aliphatic heterocycles. The van der Waals surface area contributed by atoms with Gasteiger partial charge in [-0.2, -0.15) is 0 Å². The van der Waals surface area contributed by atoms with Crippen LogP contribution in [0.5, 0.6) is 0 Å². The van der Waals surface area contributed by atoms with Gasteiger partial charge in [-0.05, 0) is 55.7 Å². The van der Waals surface area contributed by atoms with Gasteiger partial charge >= 0.3 is 0 Å². The zero-order chi connectivity index (χ0) is 13.2. The van der Waals surface area contributed by atoms with E-state index >= 15 is 0 Å². The molecule has 102 valence electrons. The van der Waals surface area contributed by atoms with Gasteiger partial charge in [0.15, 0.2) is 0 Å². The van der Waals surface area contributed by atoms with Gasteiger partial charge < -0.3 is 5.32 Å². The summed E-state index contributed by atoms with van der Waals surface area (Å²) in [6.07, 6.45) is 8.27. The molecule has 1 N–H and O–H groups in total. The molecule has 0 aromatic heterocycles. The number of benzene rings is 1. The predicted molar refractivity (Wildman–Crippen MR) is 77.0 cm³/mol.